The molecule has 170 valence electrons. The molecule has 32 heavy (non-hydrogen) atoms. The number of amides is 2. The minimum Gasteiger partial charge on any atom is -0.443 e. The third-order valence-corrected chi connectivity index (χ3v) is 4.11. The standard InChI is InChI=1S/C22H28N6O4/c1-12-15-17(25-16(24-12)13-8-10-14(23)11-9-13)26-27-18(15)28(19(29)31-21(2,3)4)20(30)32-22(5,6)7/h8-11H,23H2,1-7H3,(H,24,25,26,27). The molecule has 10 heteroatoms. The van der Waals surface area contributed by atoms with Gasteiger partial charge in [-0.15, -0.1) is 0 Å². The van der Waals surface area contributed by atoms with E-state index in [0.29, 0.717) is 28.2 Å². The van der Waals surface area contributed by atoms with Gasteiger partial charge in [-0.1, -0.05) is 0 Å². The van der Waals surface area contributed by atoms with Crippen molar-refractivity contribution in [2.45, 2.75) is 59.7 Å². The maximum absolute atomic E-state index is 13.0. The summed E-state index contributed by atoms with van der Waals surface area (Å²) in [5.74, 6) is 0.455. The molecule has 0 saturated carbocycles. The smallest absolute Gasteiger partial charge is 0.425 e. The van der Waals surface area contributed by atoms with Crippen molar-refractivity contribution in [1.82, 2.24) is 20.2 Å². The van der Waals surface area contributed by atoms with Gasteiger partial charge in [0, 0.05) is 11.3 Å². The summed E-state index contributed by atoms with van der Waals surface area (Å²) in [4.78, 5) is 35.7. The summed E-state index contributed by atoms with van der Waals surface area (Å²) in [6.45, 7) is 12.0. The number of rotatable bonds is 2. The monoisotopic (exact) mass is 440 g/mol. The summed E-state index contributed by atoms with van der Waals surface area (Å²) in [6, 6.07) is 7.12. The number of benzene rings is 1. The number of aromatic amines is 1. The third kappa shape index (κ3) is 5.13. The first-order valence-electron chi connectivity index (χ1n) is 10.1. The first-order chi connectivity index (χ1) is 14.7. The first kappa shape index (κ1) is 23.0. The van der Waals surface area contributed by atoms with Crippen LogP contribution in [-0.4, -0.2) is 43.6 Å². The van der Waals surface area contributed by atoms with E-state index in [0.717, 1.165) is 10.5 Å². The second-order valence-corrected chi connectivity index (χ2v) is 9.32. The lowest BCUT2D eigenvalue weighted by Crippen LogP contribution is -2.44. The van der Waals surface area contributed by atoms with Crippen LogP contribution >= 0.6 is 0 Å². The largest absolute Gasteiger partial charge is 0.443 e. The molecule has 10 nitrogen and oxygen atoms in total. The maximum Gasteiger partial charge on any atom is 0.425 e. The number of aryl methyl sites for hydroxylation is 1. The van der Waals surface area contributed by atoms with E-state index in [2.05, 4.69) is 20.2 Å². The first-order valence-corrected chi connectivity index (χ1v) is 10.1. The van der Waals surface area contributed by atoms with E-state index < -0.39 is 23.4 Å². The van der Waals surface area contributed by atoms with Gasteiger partial charge in [0.1, 0.15) is 11.2 Å². The normalized spacial score (nSPS) is 12.0. The Labute approximate surface area is 186 Å². The number of hydrogen-bond donors (Lipinski definition) is 2. The zero-order chi connectivity index (χ0) is 23.8. The lowest BCUT2D eigenvalue weighted by atomic mass is 10.2. The lowest BCUT2D eigenvalue weighted by molar-refractivity contribution is 0.0429. The number of nitrogens with zero attached hydrogens (tertiary/aromatic N) is 4. The summed E-state index contributed by atoms with van der Waals surface area (Å²) in [5.41, 5.74) is 6.34. The molecule has 3 rings (SSSR count). The van der Waals surface area contributed by atoms with Crippen molar-refractivity contribution in [2.24, 2.45) is 0 Å². The summed E-state index contributed by atoms with van der Waals surface area (Å²) >= 11 is 0. The number of nitrogens with one attached hydrogen (secondary N) is 1. The molecular weight excluding hydrogens is 412 g/mol. The van der Waals surface area contributed by atoms with Crippen LogP contribution in [0.2, 0.25) is 0 Å². The van der Waals surface area contributed by atoms with Crippen molar-refractivity contribution >= 4 is 34.7 Å². The molecule has 2 amide bonds. The fourth-order valence-corrected chi connectivity index (χ4v) is 2.87. The predicted molar refractivity (Wildman–Crippen MR) is 121 cm³/mol. The SMILES string of the molecule is Cc1nc(-c2ccc(N)cc2)nc2[nH]nc(N(C(=O)OC(C)(C)C)C(=O)OC(C)(C)C)c12. The number of carbonyl (C=O) groups is 2. The summed E-state index contributed by atoms with van der Waals surface area (Å²) in [5, 5.41) is 7.37. The fraction of sp³-hybridized carbons (Fsp3) is 0.409. The molecule has 0 atom stereocenters. The van der Waals surface area contributed by atoms with Gasteiger partial charge in [0.05, 0.1) is 11.1 Å². The highest BCUT2D eigenvalue weighted by atomic mass is 16.6. The number of anilines is 2. The molecule has 0 aliphatic carbocycles. The van der Waals surface area contributed by atoms with Gasteiger partial charge >= 0.3 is 12.2 Å². The van der Waals surface area contributed by atoms with Crippen molar-refractivity contribution in [3.8, 4) is 11.4 Å². The molecule has 0 aliphatic rings. The van der Waals surface area contributed by atoms with Crippen molar-refractivity contribution in [3.63, 3.8) is 0 Å². The number of imide groups is 1. The van der Waals surface area contributed by atoms with Gasteiger partial charge in [-0.05, 0) is 72.7 Å². The molecule has 3 aromatic rings. The molecular formula is C22H28N6O4. The topological polar surface area (TPSA) is 136 Å². The number of hydrogen-bond acceptors (Lipinski definition) is 8. The van der Waals surface area contributed by atoms with E-state index in [4.69, 9.17) is 15.2 Å². The van der Waals surface area contributed by atoms with Crippen LogP contribution in [0.3, 0.4) is 0 Å². The van der Waals surface area contributed by atoms with Crippen LogP contribution in [0.25, 0.3) is 22.4 Å². The third-order valence-electron chi connectivity index (χ3n) is 4.11. The Morgan fingerprint density at radius 2 is 1.47 bits per heavy atom. The van der Waals surface area contributed by atoms with Gasteiger partial charge in [0.2, 0.25) is 0 Å². The molecule has 0 saturated heterocycles. The Morgan fingerprint density at radius 3 is 1.97 bits per heavy atom. The minimum absolute atomic E-state index is 0.00450. The Kier molecular flexibility index (Phi) is 5.82. The Hall–Kier alpha value is -3.69. The van der Waals surface area contributed by atoms with Crippen molar-refractivity contribution in [1.29, 1.82) is 0 Å². The van der Waals surface area contributed by atoms with Crippen LogP contribution < -0.4 is 10.6 Å². The molecule has 0 spiro atoms. The second kappa shape index (κ2) is 8.10. The molecule has 0 aliphatic heterocycles. The number of ether oxygens (including phenoxy) is 2. The van der Waals surface area contributed by atoms with Crippen LogP contribution in [0.1, 0.15) is 47.2 Å². The zero-order valence-corrected chi connectivity index (χ0v) is 19.3. The molecule has 2 heterocycles. The van der Waals surface area contributed by atoms with Crippen LogP contribution in [0.5, 0.6) is 0 Å². The molecule has 3 N–H and O–H groups in total. The Morgan fingerprint density at radius 1 is 0.938 bits per heavy atom. The summed E-state index contributed by atoms with van der Waals surface area (Å²) in [6.07, 6.45) is -1.83. The molecule has 0 fully saturated rings. The number of nitrogen functional groups attached to an aromatic ring is 1. The average molecular weight is 441 g/mol. The number of carbonyl (C=O) groups excluding carboxylic acids is 2. The molecule has 0 unspecified atom stereocenters. The predicted octanol–water partition coefficient (Wildman–Crippen LogP) is 4.59. The molecule has 0 radical (unpaired) electrons. The number of fused-ring (bicyclic) bond motifs is 1. The van der Waals surface area contributed by atoms with Gasteiger partial charge in [0.25, 0.3) is 0 Å². The number of aromatic nitrogens is 4. The van der Waals surface area contributed by atoms with E-state index in [1.54, 1.807) is 72.7 Å². The Balaban J connectivity index is 2.10. The maximum atomic E-state index is 13.0. The van der Waals surface area contributed by atoms with E-state index in [1.807, 2.05) is 0 Å². The summed E-state index contributed by atoms with van der Waals surface area (Å²) < 4.78 is 10.9. The van der Waals surface area contributed by atoms with Crippen LogP contribution in [0.4, 0.5) is 21.1 Å². The number of nitrogens with two attached hydrogens (primary N) is 1. The molecule has 1 aromatic carbocycles. The highest BCUT2D eigenvalue weighted by molar-refractivity contribution is 6.13. The highest BCUT2D eigenvalue weighted by Crippen LogP contribution is 2.30. The highest BCUT2D eigenvalue weighted by Gasteiger charge is 2.36. The van der Waals surface area contributed by atoms with E-state index >= 15 is 0 Å². The summed E-state index contributed by atoms with van der Waals surface area (Å²) in [7, 11) is 0. The van der Waals surface area contributed by atoms with Gasteiger partial charge in [0.15, 0.2) is 17.3 Å². The van der Waals surface area contributed by atoms with E-state index in [1.165, 1.54) is 0 Å². The number of H-pyrrole nitrogens is 1. The quantitative estimate of drug-likeness (QED) is 0.552. The van der Waals surface area contributed by atoms with E-state index in [-0.39, 0.29) is 5.82 Å². The molecule has 0 bridgehead atoms. The Bertz CT molecular complexity index is 1130. The van der Waals surface area contributed by atoms with Gasteiger partial charge in [-0.3, -0.25) is 5.10 Å². The van der Waals surface area contributed by atoms with Crippen LogP contribution in [-0.2, 0) is 9.47 Å². The molecule has 2 aromatic heterocycles. The minimum atomic E-state index is -0.915. The van der Waals surface area contributed by atoms with E-state index in [9.17, 15) is 9.59 Å². The fourth-order valence-electron chi connectivity index (χ4n) is 2.87. The van der Waals surface area contributed by atoms with Crippen LogP contribution in [0, 0.1) is 6.92 Å². The van der Waals surface area contributed by atoms with Crippen molar-refractivity contribution in [2.75, 3.05) is 10.6 Å². The second-order valence-electron chi connectivity index (χ2n) is 9.32. The van der Waals surface area contributed by atoms with Gasteiger partial charge in [-0.2, -0.15) is 10.00 Å². The van der Waals surface area contributed by atoms with Gasteiger partial charge < -0.3 is 15.2 Å². The average Bonchev–Trinajstić information content (AvgIpc) is 3.03. The van der Waals surface area contributed by atoms with Gasteiger partial charge in [-0.25, -0.2) is 19.6 Å². The van der Waals surface area contributed by atoms with Crippen LogP contribution in [0.15, 0.2) is 24.3 Å². The van der Waals surface area contributed by atoms with Crippen molar-refractivity contribution < 1.29 is 19.1 Å². The van der Waals surface area contributed by atoms with Crippen molar-refractivity contribution in [3.05, 3.63) is 30.0 Å². The zero-order valence-electron chi connectivity index (χ0n) is 19.3. The lowest BCUT2D eigenvalue weighted by Gasteiger charge is -2.27.